The molecule has 4 aliphatic heterocycles. The second kappa shape index (κ2) is 7.37. The number of rotatable bonds is 3. The fourth-order valence-electron chi connectivity index (χ4n) is 4.58. The molecule has 1 amide bonds. The molecule has 4 heterocycles. The van der Waals surface area contributed by atoms with Crippen LogP contribution in [-0.4, -0.2) is 79.1 Å². The van der Waals surface area contributed by atoms with Crippen molar-refractivity contribution in [1.82, 2.24) is 36.6 Å². The van der Waals surface area contributed by atoms with Gasteiger partial charge in [0.1, 0.15) is 17.9 Å². The Hall–Kier alpha value is -1.30. The topological polar surface area (TPSA) is 110 Å². The number of carbonyl (C=O) groups is 1. The number of nitrogens with one attached hydrogen (secondary N) is 5. The van der Waals surface area contributed by atoms with Gasteiger partial charge in [-0.2, -0.15) is 0 Å². The molecular formula is C16H29FN8O. The Morgan fingerprint density at radius 2 is 2.23 bits per heavy atom. The van der Waals surface area contributed by atoms with Gasteiger partial charge >= 0.3 is 0 Å². The van der Waals surface area contributed by atoms with Crippen LogP contribution in [0, 0.1) is 5.92 Å². The Morgan fingerprint density at radius 3 is 3.00 bits per heavy atom. The van der Waals surface area contributed by atoms with Crippen molar-refractivity contribution in [3.05, 3.63) is 12.0 Å². The molecule has 3 saturated heterocycles. The van der Waals surface area contributed by atoms with Gasteiger partial charge in [-0.1, -0.05) is 0 Å². The Morgan fingerprint density at radius 1 is 1.38 bits per heavy atom. The molecular weight excluding hydrogens is 339 g/mol. The molecule has 6 unspecified atom stereocenters. The van der Waals surface area contributed by atoms with E-state index in [4.69, 9.17) is 5.73 Å². The predicted octanol–water partition coefficient (Wildman–Crippen LogP) is -2.45. The molecule has 146 valence electrons. The number of fused-ring (bicyclic) bond motifs is 1. The number of hydrogen-bond acceptors (Lipinski definition) is 8. The van der Waals surface area contributed by atoms with E-state index in [0.29, 0.717) is 12.2 Å². The maximum Gasteiger partial charge on any atom is 0.229 e. The van der Waals surface area contributed by atoms with E-state index in [1.54, 1.807) is 5.01 Å². The maximum absolute atomic E-state index is 13.5. The number of carbonyl (C=O) groups excluding carboxylic acids is 1. The van der Waals surface area contributed by atoms with Crippen molar-refractivity contribution in [2.45, 2.75) is 43.9 Å². The first kappa shape index (κ1) is 18.1. The molecule has 26 heavy (non-hydrogen) atoms. The summed E-state index contributed by atoms with van der Waals surface area (Å²) in [5.41, 5.74) is 9.09. The minimum absolute atomic E-state index is 0.0238. The van der Waals surface area contributed by atoms with Gasteiger partial charge in [0.05, 0.1) is 31.1 Å². The third-order valence-corrected chi connectivity index (χ3v) is 5.89. The molecule has 0 aliphatic carbocycles. The van der Waals surface area contributed by atoms with Crippen LogP contribution in [0.5, 0.6) is 0 Å². The van der Waals surface area contributed by atoms with E-state index in [2.05, 4.69) is 38.5 Å². The highest BCUT2D eigenvalue weighted by molar-refractivity contribution is 5.81. The molecule has 0 aromatic rings. The fourth-order valence-corrected chi connectivity index (χ4v) is 4.58. The lowest BCUT2D eigenvalue weighted by atomic mass is 9.96. The molecule has 7 N–H and O–H groups in total. The van der Waals surface area contributed by atoms with E-state index in [-0.39, 0.29) is 30.5 Å². The number of amides is 1. The van der Waals surface area contributed by atoms with Crippen LogP contribution in [0.4, 0.5) is 4.39 Å². The lowest BCUT2D eigenvalue weighted by Crippen LogP contribution is -2.63. The van der Waals surface area contributed by atoms with E-state index in [9.17, 15) is 9.18 Å². The summed E-state index contributed by atoms with van der Waals surface area (Å²) in [5.74, 6) is -0.871. The van der Waals surface area contributed by atoms with Crippen molar-refractivity contribution in [2.75, 3.05) is 32.7 Å². The Kier molecular flexibility index (Phi) is 5.13. The van der Waals surface area contributed by atoms with Gasteiger partial charge < -0.3 is 21.7 Å². The number of halogens is 1. The molecule has 0 saturated carbocycles. The summed E-state index contributed by atoms with van der Waals surface area (Å²) in [6, 6.07) is 0.319. The van der Waals surface area contributed by atoms with Gasteiger partial charge in [-0.3, -0.25) is 20.0 Å². The molecule has 6 atom stereocenters. The van der Waals surface area contributed by atoms with Crippen LogP contribution in [-0.2, 0) is 4.79 Å². The normalized spacial score (nSPS) is 41.0. The Labute approximate surface area is 152 Å². The molecule has 9 nitrogen and oxygen atoms in total. The first-order valence-electron chi connectivity index (χ1n) is 9.44. The van der Waals surface area contributed by atoms with E-state index in [1.807, 2.05) is 0 Å². The molecule has 4 aliphatic rings. The molecule has 4 rings (SSSR count). The summed E-state index contributed by atoms with van der Waals surface area (Å²) in [5, 5.41) is 14.7. The van der Waals surface area contributed by atoms with E-state index in [1.165, 1.54) is 6.20 Å². The largest absolute Gasteiger partial charge is 0.350 e. The SMILES string of the molecule is CC1NCCN1C1CCNCC1NC(=O)C1C(N)NN2C=C(F)CNC12. The zero-order valence-electron chi connectivity index (χ0n) is 15.0. The predicted molar refractivity (Wildman–Crippen MR) is 94.8 cm³/mol. The molecule has 0 radical (unpaired) electrons. The number of nitrogens with zero attached hydrogens (tertiary/aromatic N) is 2. The van der Waals surface area contributed by atoms with Gasteiger partial charge in [0.2, 0.25) is 5.91 Å². The van der Waals surface area contributed by atoms with Crippen LogP contribution in [0.15, 0.2) is 12.0 Å². The minimum atomic E-state index is -0.558. The second-order valence-electron chi connectivity index (χ2n) is 7.53. The van der Waals surface area contributed by atoms with Crippen molar-refractivity contribution in [3.63, 3.8) is 0 Å². The van der Waals surface area contributed by atoms with Crippen LogP contribution in [0.25, 0.3) is 0 Å². The van der Waals surface area contributed by atoms with Gasteiger partial charge in [-0.05, 0) is 19.9 Å². The molecule has 0 aromatic heterocycles. The van der Waals surface area contributed by atoms with Gasteiger partial charge in [-0.15, -0.1) is 0 Å². The van der Waals surface area contributed by atoms with Gasteiger partial charge in [0.25, 0.3) is 0 Å². The van der Waals surface area contributed by atoms with Crippen molar-refractivity contribution in [1.29, 1.82) is 0 Å². The molecule has 10 heteroatoms. The van der Waals surface area contributed by atoms with Crippen molar-refractivity contribution < 1.29 is 9.18 Å². The first-order valence-corrected chi connectivity index (χ1v) is 9.44. The first-order chi connectivity index (χ1) is 12.5. The summed E-state index contributed by atoms with van der Waals surface area (Å²) >= 11 is 0. The van der Waals surface area contributed by atoms with E-state index in [0.717, 1.165) is 32.6 Å². The number of nitrogens with two attached hydrogens (primary N) is 1. The highest BCUT2D eigenvalue weighted by atomic mass is 19.1. The Bertz CT molecular complexity index is 574. The van der Waals surface area contributed by atoms with E-state index >= 15 is 0 Å². The number of piperidine rings is 1. The molecule has 3 fully saturated rings. The van der Waals surface area contributed by atoms with Crippen LogP contribution in [0.1, 0.15) is 13.3 Å². The third-order valence-electron chi connectivity index (χ3n) is 5.89. The van der Waals surface area contributed by atoms with Gasteiger partial charge in [-0.25, -0.2) is 9.82 Å². The van der Waals surface area contributed by atoms with Crippen molar-refractivity contribution in [2.24, 2.45) is 11.7 Å². The molecule has 0 spiro atoms. The molecule has 0 bridgehead atoms. The smallest absolute Gasteiger partial charge is 0.229 e. The summed E-state index contributed by atoms with van der Waals surface area (Å²) < 4.78 is 13.5. The summed E-state index contributed by atoms with van der Waals surface area (Å²) in [6.07, 6.45) is 1.78. The average molecular weight is 368 g/mol. The minimum Gasteiger partial charge on any atom is -0.350 e. The Balaban J connectivity index is 1.44. The fraction of sp³-hybridized carbons (Fsp3) is 0.812. The number of hydrazine groups is 1. The number of hydrogen-bond donors (Lipinski definition) is 6. The standard InChI is InChI=1S/C16H29FN8O/c1-9-20-4-5-24(9)12-2-3-19-7-11(12)22-16(26)13-14(18)23-25-8-10(17)6-21-15(13)25/h8-9,11-15,19-21,23H,2-7,18H2,1H3,(H,22,26). The zero-order valence-corrected chi connectivity index (χ0v) is 15.0. The van der Waals surface area contributed by atoms with E-state index < -0.39 is 12.1 Å². The van der Waals surface area contributed by atoms with Crippen LogP contribution in [0.2, 0.25) is 0 Å². The lowest BCUT2D eigenvalue weighted by Gasteiger charge is -2.41. The van der Waals surface area contributed by atoms with Crippen LogP contribution in [0.3, 0.4) is 0 Å². The van der Waals surface area contributed by atoms with Crippen LogP contribution >= 0.6 is 0 Å². The van der Waals surface area contributed by atoms with Gasteiger partial charge in [0.15, 0.2) is 0 Å². The lowest BCUT2D eigenvalue weighted by molar-refractivity contribution is -0.127. The van der Waals surface area contributed by atoms with Crippen molar-refractivity contribution >= 4 is 5.91 Å². The van der Waals surface area contributed by atoms with Crippen LogP contribution < -0.4 is 32.4 Å². The summed E-state index contributed by atoms with van der Waals surface area (Å²) in [7, 11) is 0. The summed E-state index contributed by atoms with van der Waals surface area (Å²) in [6.45, 7) is 5.93. The second-order valence-corrected chi connectivity index (χ2v) is 7.53. The van der Waals surface area contributed by atoms with Crippen molar-refractivity contribution in [3.8, 4) is 0 Å². The summed E-state index contributed by atoms with van der Waals surface area (Å²) in [4.78, 5) is 15.5. The quantitative estimate of drug-likeness (QED) is 0.326. The maximum atomic E-state index is 13.5. The highest BCUT2D eigenvalue weighted by Crippen LogP contribution is 2.24. The average Bonchev–Trinajstić information content (AvgIpc) is 3.17. The molecule has 0 aromatic carbocycles. The highest BCUT2D eigenvalue weighted by Gasteiger charge is 2.46. The monoisotopic (exact) mass is 368 g/mol. The zero-order chi connectivity index (χ0) is 18.3. The third kappa shape index (κ3) is 3.32. The van der Waals surface area contributed by atoms with Gasteiger partial charge in [0, 0.05) is 25.7 Å².